The van der Waals surface area contributed by atoms with Gasteiger partial charge in [-0.05, 0) is 18.6 Å². The molecular weight excluding hydrogens is 224 g/mol. The van der Waals surface area contributed by atoms with E-state index in [1.807, 2.05) is 19.1 Å². The Bertz CT molecular complexity index is 424. The van der Waals surface area contributed by atoms with Crippen LogP contribution < -0.4 is 4.90 Å². The second-order valence-electron chi connectivity index (χ2n) is 3.97. The molecule has 1 aromatic rings. The minimum absolute atomic E-state index is 0.0860. The third-order valence-electron chi connectivity index (χ3n) is 2.84. The van der Waals surface area contributed by atoms with E-state index in [-0.39, 0.29) is 11.8 Å². The molecule has 1 aromatic heterocycles. The third-order valence-corrected chi connectivity index (χ3v) is 3.12. The molecular formula is C12H13ClN2O. The highest BCUT2D eigenvalue weighted by Gasteiger charge is 2.31. The van der Waals surface area contributed by atoms with Crippen molar-refractivity contribution in [2.75, 3.05) is 11.4 Å². The van der Waals surface area contributed by atoms with Crippen LogP contribution in [-0.2, 0) is 4.79 Å². The summed E-state index contributed by atoms with van der Waals surface area (Å²) < 4.78 is 0. The first kappa shape index (κ1) is 11.1. The van der Waals surface area contributed by atoms with Gasteiger partial charge in [-0.3, -0.25) is 4.79 Å². The molecule has 0 spiro atoms. The first-order valence-corrected chi connectivity index (χ1v) is 5.55. The zero-order valence-corrected chi connectivity index (χ0v) is 9.87. The van der Waals surface area contributed by atoms with Crippen molar-refractivity contribution in [2.45, 2.75) is 13.3 Å². The lowest BCUT2D eigenvalue weighted by atomic mass is 10.1. The lowest BCUT2D eigenvalue weighted by Crippen LogP contribution is -2.25. The fourth-order valence-corrected chi connectivity index (χ4v) is 2.26. The van der Waals surface area contributed by atoms with Crippen LogP contribution in [0.25, 0.3) is 0 Å². The quantitative estimate of drug-likeness (QED) is 0.584. The molecule has 1 saturated heterocycles. The molecule has 1 unspecified atom stereocenters. The normalized spacial score (nSPS) is 20.2. The van der Waals surface area contributed by atoms with Gasteiger partial charge in [0.05, 0.1) is 5.69 Å². The van der Waals surface area contributed by atoms with Crippen molar-refractivity contribution in [1.29, 1.82) is 0 Å². The van der Waals surface area contributed by atoms with Crippen LogP contribution in [0.3, 0.4) is 0 Å². The highest BCUT2D eigenvalue weighted by molar-refractivity contribution is 6.32. The second-order valence-corrected chi connectivity index (χ2v) is 4.33. The van der Waals surface area contributed by atoms with Gasteiger partial charge in [0, 0.05) is 25.1 Å². The molecule has 2 heterocycles. The Morgan fingerprint density at radius 3 is 3.00 bits per heavy atom. The number of aryl methyl sites for hydroxylation is 1. The minimum Gasteiger partial charge on any atom is -0.309 e. The fourth-order valence-electron chi connectivity index (χ4n) is 1.95. The Morgan fingerprint density at radius 1 is 1.69 bits per heavy atom. The molecule has 0 bridgehead atoms. The number of carbonyl (C=O) groups excluding carboxylic acids is 1. The van der Waals surface area contributed by atoms with E-state index in [9.17, 15) is 4.79 Å². The Hall–Kier alpha value is -1.35. The fraction of sp³-hybridized carbons (Fsp3) is 0.333. The molecule has 0 N–H and O–H groups in total. The molecule has 3 nitrogen and oxygen atoms in total. The SMILES string of the molecule is C=CC1CC(=O)N(c2c(C)ccnc2Cl)C1. The maximum Gasteiger partial charge on any atom is 0.227 e. The number of pyridine rings is 1. The van der Waals surface area contributed by atoms with Crippen molar-refractivity contribution >= 4 is 23.2 Å². The van der Waals surface area contributed by atoms with Crippen LogP contribution in [0.5, 0.6) is 0 Å². The lowest BCUT2D eigenvalue weighted by molar-refractivity contribution is -0.117. The average molecular weight is 237 g/mol. The van der Waals surface area contributed by atoms with Crippen LogP contribution in [0, 0.1) is 12.8 Å². The molecule has 1 fully saturated rings. The van der Waals surface area contributed by atoms with Gasteiger partial charge < -0.3 is 4.90 Å². The van der Waals surface area contributed by atoms with Crippen LogP contribution in [0.15, 0.2) is 24.9 Å². The highest BCUT2D eigenvalue weighted by Crippen LogP contribution is 2.32. The number of amides is 1. The molecule has 4 heteroatoms. The summed E-state index contributed by atoms with van der Waals surface area (Å²) in [6.07, 6.45) is 3.97. The van der Waals surface area contributed by atoms with Gasteiger partial charge in [0.15, 0.2) is 5.15 Å². The van der Waals surface area contributed by atoms with E-state index >= 15 is 0 Å². The van der Waals surface area contributed by atoms with Gasteiger partial charge in [0.25, 0.3) is 0 Å². The summed E-state index contributed by atoms with van der Waals surface area (Å²) >= 11 is 6.03. The predicted molar refractivity (Wildman–Crippen MR) is 64.6 cm³/mol. The summed E-state index contributed by atoms with van der Waals surface area (Å²) in [5, 5.41) is 0.387. The van der Waals surface area contributed by atoms with Crippen molar-refractivity contribution in [3.8, 4) is 0 Å². The maximum atomic E-state index is 11.8. The van der Waals surface area contributed by atoms with Gasteiger partial charge >= 0.3 is 0 Å². The summed E-state index contributed by atoms with van der Waals surface area (Å²) in [6.45, 7) is 6.30. The number of halogens is 1. The van der Waals surface area contributed by atoms with E-state index in [1.165, 1.54) is 0 Å². The monoisotopic (exact) mass is 236 g/mol. The molecule has 0 aliphatic carbocycles. The Balaban J connectivity index is 2.38. The number of aromatic nitrogens is 1. The highest BCUT2D eigenvalue weighted by atomic mass is 35.5. The zero-order chi connectivity index (χ0) is 11.7. The van der Waals surface area contributed by atoms with Gasteiger partial charge in [-0.1, -0.05) is 17.7 Å². The molecule has 2 rings (SSSR count). The molecule has 0 aromatic carbocycles. The summed E-state index contributed by atoms with van der Waals surface area (Å²) in [5.74, 6) is 0.297. The first-order valence-electron chi connectivity index (χ1n) is 5.17. The first-order chi connectivity index (χ1) is 7.63. The molecule has 16 heavy (non-hydrogen) atoms. The summed E-state index contributed by atoms with van der Waals surface area (Å²) in [6, 6.07) is 1.86. The molecule has 0 radical (unpaired) electrons. The molecule has 1 aliphatic heterocycles. The minimum atomic E-state index is 0.0860. The molecule has 1 atom stereocenters. The predicted octanol–water partition coefficient (Wildman–Crippen LogP) is 2.58. The van der Waals surface area contributed by atoms with Crippen LogP contribution >= 0.6 is 11.6 Å². The van der Waals surface area contributed by atoms with Gasteiger partial charge in [0.2, 0.25) is 5.91 Å². The average Bonchev–Trinajstić information content (AvgIpc) is 2.60. The summed E-state index contributed by atoms with van der Waals surface area (Å²) in [5.41, 5.74) is 1.71. The Labute approximate surface area is 99.7 Å². The lowest BCUT2D eigenvalue weighted by Gasteiger charge is -2.19. The van der Waals surface area contributed by atoms with Gasteiger partial charge in [-0.15, -0.1) is 6.58 Å². The third kappa shape index (κ3) is 1.83. The van der Waals surface area contributed by atoms with Crippen LogP contribution in [-0.4, -0.2) is 17.4 Å². The zero-order valence-electron chi connectivity index (χ0n) is 9.11. The van der Waals surface area contributed by atoms with E-state index < -0.39 is 0 Å². The van der Waals surface area contributed by atoms with Crippen molar-refractivity contribution in [2.24, 2.45) is 5.92 Å². The summed E-state index contributed by atoms with van der Waals surface area (Å²) in [4.78, 5) is 17.6. The van der Waals surface area contributed by atoms with Crippen molar-refractivity contribution in [3.05, 3.63) is 35.6 Å². The Morgan fingerprint density at radius 2 is 2.44 bits per heavy atom. The Kier molecular flexibility index (Phi) is 2.97. The van der Waals surface area contributed by atoms with Crippen molar-refractivity contribution in [3.63, 3.8) is 0 Å². The van der Waals surface area contributed by atoms with E-state index in [2.05, 4.69) is 11.6 Å². The molecule has 1 amide bonds. The van der Waals surface area contributed by atoms with Crippen LogP contribution in [0.4, 0.5) is 5.69 Å². The second kappa shape index (κ2) is 4.26. The van der Waals surface area contributed by atoms with Crippen molar-refractivity contribution < 1.29 is 4.79 Å². The van der Waals surface area contributed by atoms with Crippen LogP contribution in [0.1, 0.15) is 12.0 Å². The molecule has 84 valence electrons. The number of anilines is 1. The molecule has 1 aliphatic rings. The number of rotatable bonds is 2. The maximum absolute atomic E-state index is 11.8. The standard InChI is InChI=1S/C12H13ClN2O/c1-3-9-6-10(16)15(7-9)11-8(2)4-5-14-12(11)13/h3-5,9H,1,6-7H2,2H3. The smallest absolute Gasteiger partial charge is 0.227 e. The van der Waals surface area contributed by atoms with E-state index in [4.69, 9.17) is 11.6 Å². The largest absolute Gasteiger partial charge is 0.309 e. The van der Waals surface area contributed by atoms with Gasteiger partial charge in [-0.2, -0.15) is 0 Å². The van der Waals surface area contributed by atoms with Crippen LogP contribution in [0.2, 0.25) is 5.15 Å². The number of carbonyl (C=O) groups is 1. The van der Waals surface area contributed by atoms with E-state index in [0.717, 1.165) is 11.3 Å². The molecule has 0 saturated carbocycles. The van der Waals surface area contributed by atoms with E-state index in [0.29, 0.717) is 18.1 Å². The van der Waals surface area contributed by atoms with Crippen molar-refractivity contribution in [1.82, 2.24) is 4.98 Å². The topological polar surface area (TPSA) is 33.2 Å². The number of nitrogens with zero attached hydrogens (tertiary/aromatic N) is 2. The summed E-state index contributed by atoms with van der Waals surface area (Å²) in [7, 11) is 0. The number of hydrogen-bond acceptors (Lipinski definition) is 2. The van der Waals surface area contributed by atoms with Gasteiger partial charge in [-0.25, -0.2) is 4.98 Å². The van der Waals surface area contributed by atoms with E-state index in [1.54, 1.807) is 11.1 Å². The van der Waals surface area contributed by atoms with Gasteiger partial charge in [0.1, 0.15) is 0 Å². The number of hydrogen-bond donors (Lipinski definition) is 0.